The molecule has 2 rings (SSSR count). The molecule has 0 saturated heterocycles. The summed E-state index contributed by atoms with van der Waals surface area (Å²) in [5.74, 6) is -0.385. The van der Waals surface area contributed by atoms with Gasteiger partial charge in [0, 0.05) is 36.6 Å². The maximum atomic E-state index is 11.9. The van der Waals surface area contributed by atoms with Gasteiger partial charge in [-0.2, -0.15) is 16.6 Å². The third kappa shape index (κ3) is 4.49. The molecule has 0 unspecified atom stereocenters. The minimum absolute atomic E-state index is 0.0552. The molecule has 2 aromatic rings. The Balaban J connectivity index is 2.03. The van der Waals surface area contributed by atoms with Gasteiger partial charge in [-0.25, -0.2) is 4.98 Å². The van der Waals surface area contributed by atoms with Crippen LogP contribution in [0.2, 0.25) is 0 Å². The van der Waals surface area contributed by atoms with Gasteiger partial charge in [0.25, 0.3) is 5.91 Å². The Hall–Kier alpha value is -2.01. The number of thiazole rings is 1. The van der Waals surface area contributed by atoms with Gasteiger partial charge in [0.05, 0.1) is 5.69 Å². The van der Waals surface area contributed by atoms with Crippen LogP contribution in [0.4, 0.5) is 0 Å². The van der Waals surface area contributed by atoms with Gasteiger partial charge < -0.3 is 10.1 Å². The molecule has 0 bridgehead atoms. The Labute approximate surface area is 136 Å². The third-order valence-corrected chi connectivity index (χ3v) is 4.35. The van der Waals surface area contributed by atoms with Crippen LogP contribution in [0.3, 0.4) is 0 Å². The van der Waals surface area contributed by atoms with E-state index >= 15 is 0 Å². The SMILES string of the molecule is COCCCNC(=O)C(C#N)=Cc1csc(-c2ccsc2)n1. The predicted octanol–water partition coefficient (Wildman–Crippen LogP) is 2.93. The molecular weight excluding hydrogens is 318 g/mol. The molecule has 0 spiro atoms. The summed E-state index contributed by atoms with van der Waals surface area (Å²) >= 11 is 3.09. The molecule has 0 fully saturated rings. The number of carbonyl (C=O) groups is 1. The van der Waals surface area contributed by atoms with Crippen LogP contribution in [0, 0.1) is 11.3 Å². The van der Waals surface area contributed by atoms with Gasteiger partial charge in [0.2, 0.25) is 0 Å². The van der Waals surface area contributed by atoms with Crippen molar-refractivity contribution in [1.29, 1.82) is 5.26 Å². The highest BCUT2D eigenvalue weighted by Gasteiger charge is 2.10. The van der Waals surface area contributed by atoms with E-state index in [2.05, 4.69) is 10.3 Å². The molecule has 0 aromatic carbocycles. The Morgan fingerprint density at radius 3 is 3.09 bits per heavy atom. The number of amides is 1. The van der Waals surface area contributed by atoms with E-state index in [9.17, 15) is 4.79 Å². The van der Waals surface area contributed by atoms with Gasteiger partial charge in [-0.3, -0.25) is 4.79 Å². The molecule has 7 heteroatoms. The molecule has 0 saturated carbocycles. The molecule has 0 radical (unpaired) electrons. The third-order valence-electron chi connectivity index (χ3n) is 2.76. The molecule has 114 valence electrons. The second-order valence-corrected chi connectivity index (χ2v) is 6.00. The lowest BCUT2D eigenvalue weighted by Crippen LogP contribution is -2.26. The number of carbonyl (C=O) groups excluding carboxylic acids is 1. The fraction of sp³-hybridized carbons (Fsp3) is 0.267. The largest absolute Gasteiger partial charge is 0.385 e. The number of thiophene rings is 1. The molecule has 5 nitrogen and oxygen atoms in total. The maximum absolute atomic E-state index is 11.9. The lowest BCUT2D eigenvalue weighted by atomic mass is 10.2. The molecular formula is C15H15N3O2S2. The molecule has 1 N–H and O–H groups in total. The zero-order valence-corrected chi connectivity index (χ0v) is 13.7. The lowest BCUT2D eigenvalue weighted by Gasteiger charge is -2.02. The van der Waals surface area contributed by atoms with Crippen LogP contribution in [0.1, 0.15) is 12.1 Å². The molecule has 0 aliphatic heterocycles. The smallest absolute Gasteiger partial charge is 0.262 e. The highest BCUT2D eigenvalue weighted by Crippen LogP contribution is 2.26. The quantitative estimate of drug-likeness (QED) is 0.480. The van der Waals surface area contributed by atoms with Crippen molar-refractivity contribution in [3.63, 3.8) is 0 Å². The minimum Gasteiger partial charge on any atom is -0.385 e. The van der Waals surface area contributed by atoms with Crippen LogP contribution in [0.5, 0.6) is 0 Å². The minimum atomic E-state index is -0.385. The summed E-state index contributed by atoms with van der Waals surface area (Å²) in [4.78, 5) is 16.3. The highest BCUT2D eigenvalue weighted by atomic mass is 32.1. The van der Waals surface area contributed by atoms with E-state index in [0.29, 0.717) is 25.3 Å². The Morgan fingerprint density at radius 2 is 2.41 bits per heavy atom. The molecule has 2 heterocycles. The maximum Gasteiger partial charge on any atom is 0.262 e. The van der Waals surface area contributed by atoms with Crippen molar-refractivity contribution in [2.24, 2.45) is 0 Å². The predicted molar refractivity (Wildman–Crippen MR) is 88.5 cm³/mol. The number of aromatic nitrogens is 1. The number of rotatable bonds is 7. The van der Waals surface area contributed by atoms with Gasteiger partial charge >= 0.3 is 0 Å². The first-order valence-electron chi connectivity index (χ1n) is 6.61. The summed E-state index contributed by atoms with van der Waals surface area (Å²) in [6, 6.07) is 3.91. The van der Waals surface area contributed by atoms with Crippen LogP contribution >= 0.6 is 22.7 Å². The number of nitrogens with one attached hydrogen (secondary N) is 1. The lowest BCUT2D eigenvalue weighted by molar-refractivity contribution is -0.117. The summed E-state index contributed by atoms with van der Waals surface area (Å²) in [6.07, 6.45) is 2.22. The zero-order chi connectivity index (χ0) is 15.8. The van der Waals surface area contributed by atoms with E-state index in [1.807, 2.05) is 28.3 Å². The Bertz CT molecular complexity index is 684. The van der Waals surface area contributed by atoms with Gasteiger partial charge in [0.15, 0.2) is 0 Å². The standard InChI is InChI=1S/C15H15N3O2S2/c1-20-5-2-4-17-14(19)12(8-16)7-13-10-22-15(18-13)11-3-6-21-9-11/h3,6-7,9-10H,2,4-5H2,1H3,(H,17,19). The van der Waals surface area contributed by atoms with Crippen molar-refractivity contribution >= 4 is 34.7 Å². The monoisotopic (exact) mass is 333 g/mol. The van der Waals surface area contributed by atoms with Crippen molar-refractivity contribution in [2.75, 3.05) is 20.3 Å². The van der Waals surface area contributed by atoms with Crippen molar-refractivity contribution in [2.45, 2.75) is 6.42 Å². The second-order valence-electron chi connectivity index (χ2n) is 4.36. The van der Waals surface area contributed by atoms with Crippen LogP contribution < -0.4 is 5.32 Å². The van der Waals surface area contributed by atoms with E-state index in [1.165, 1.54) is 17.4 Å². The van der Waals surface area contributed by atoms with Crippen molar-refractivity contribution in [3.8, 4) is 16.6 Å². The molecule has 2 aromatic heterocycles. The molecule has 0 atom stereocenters. The highest BCUT2D eigenvalue weighted by molar-refractivity contribution is 7.14. The van der Waals surface area contributed by atoms with Gasteiger partial charge in [-0.15, -0.1) is 11.3 Å². The second kappa shape index (κ2) is 8.44. The number of nitriles is 1. The van der Waals surface area contributed by atoms with Crippen molar-refractivity contribution in [3.05, 3.63) is 33.5 Å². The van der Waals surface area contributed by atoms with E-state index in [1.54, 1.807) is 18.4 Å². The summed E-state index contributed by atoms with van der Waals surface area (Å²) in [7, 11) is 1.61. The first-order chi connectivity index (χ1) is 10.7. The first kappa shape index (κ1) is 16.4. The number of ether oxygens (including phenoxy) is 1. The van der Waals surface area contributed by atoms with Crippen molar-refractivity contribution in [1.82, 2.24) is 10.3 Å². The Kier molecular flexibility index (Phi) is 6.27. The van der Waals surface area contributed by atoms with E-state index in [0.717, 1.165) is 10.6 Å². The van der Waals surface area contributed by atoms with Crippen LogP contribution in [-0.4, -0.2) is 31.2 Å². The average molecular weight is 333 g/mol. The van der Waals surface area contributed by atoms with E-state index in [-0.39, 0.29) is 11.5 Å². The van der Waals surface area contributed by atoms with E-state index < -0.39 is 0 Å². The topological polar surface area (TPSA) is 75.0 Å². The zero-order valence-electron chi connectivity index (χ0n) is 12.0. The summed E-state index contributed by atoms with van der Waals surface area (Å²) in [5.41, 5.74) is 1.73. The molecule has 0 aliphatic carbocycles. The number of hydrogen-bond donors (Lipinski definition) is 1. The van der Waals surface area contributed by atoms with Crippen LogP contribution in [0.25, 0.3) is 16.6 Å². The normalized spacial score (nSPS) is 11.2. The summed E-state index contributed by atoms with van der Waals surface area (Å²) in [6.45, 7) is 1.05. The summed E-state index contributed by atoms with van der Waals surface area (Å²) < 4.78 is 4.91. The van der Waals surface area contributed by atoms with Crippen LogP contribution in [0.15, 0.2) is 27.8 Å². The van der Waals surface area contributed by atoms with Gasteiger partial charge in [0.1, 0.15) is 16.6 Å². The number of methoxy groups -OCH3 is 1. The molecule has 0 aliphatic rings. The van der Waals surface area contributed by atoms with Gasteiger partial charge in [-0.05, 0) is 23.9 Å². The van der Waals surface area contributed by atoms with Gasteiger partial charge in [-0.1, -0.05) is 0 Å². The Morgan fingerprint density at radius 1 is 1.55 bits per heavy atom. The molecule has 1 amide bonds. The average Bonchev–Trinajstić information content (AvgIpc) is 3.19. The first-order valence-corrected chi connectivity index (χ1v) is 8.44. The molecule has 22 heavy (non-hydrogen) atoms. The summed E-state index contributed by atoms with van der Waals surface area (Å²) in [5, 5.41) is 18.5. The number of hydrogen-bond acceptors (Lipinski definition) is 6. The fourth-order valence-corrected chi connectivity index (χ4v) is 3.17. The fourth-order valence-electron chi connectivity index (χ4n) is 1.68. The number of nitrogens with zero attached hydrogens (tertiary/aromatic N) is 2. The van der Waals surface area contributed by atoms with Crippen LogP contribution in [-0.2, 0) is 9.53 Å². The van der Waals surface area contributed by atoms with E-state index in [4.69, 9.17) is 10.00 Å². The van der Waals surface area contributed by atoms with Crippen molar-refractivity contribution < 1.29 is 9.53 Å².